The number of piperidine rings is 1. The second-order valence-corrected chi connectivity index (χ2v) is 6.53. The van der Waals surface area contributed by atoms with Crippen LogP contribution in [0.15, 0.2) is 6.20 Å². The fourth-order valence-corrected chi connectivity index (χ4v) is 4.01. The zero-order chi connectivity index (χ0) is 10.5. The third-order valence-electron chi connectivity index (χ3n) is 2.52. The number of thiazole rings is 1. The van der Waals surface area contributed by atoms with E-state index < -0.39 is 0 Å². The van der Waals surface area contributed by atoms with Crippen LogP contribution < -0.4 is 5.32 Å². The SMILES string of the molecule is Cl.Clc1ncc(CSCC2CCCNC2)s1. The van der Waals surface area contributed by atoms with E-state index in [4.69, 9.17) is 11.6 Å². The summed E-state index contributed by atoms with van der Waals surface area (Å²) < 4.78 is 0.657. The highest BCUT2D eigenvalue weighted by Gasteiger charge is 2.12. The highest BCUT2D eigenvalue weighted by atomic mass is 35.5. The predicted octanol–water partition coefficient (Wildman–Crippen LogP) is 3.45. The zero-order valence-electron chi connectivity index (χ0n) is 8.95. The molecule has 1 unspecified atom stereocenters. The minimum absolute atomic E-state index is 0. The minimum atomic E-state index is 0. The number of aromatic nitrogens is 1. The molecule has 6 heteroatoms. The van der Waals surface area contributed by atoms with E-state index in [1.54, 1.807) is 11.3 Å². The molecule has 0 saturated carbocycles. The average Bonchev–Trinajstić information content (AvgIpc) is 2.66. The molecule has 0 radical (unpaired) electrons. The number of nitrogens with zero attached hydrogens (tertiary/aromatic N) is 1. The quantitative estimate of drug-likeness (QED) is 0.922. The van der Waals surface area contributed by atoms with Crippen LogP contribution in [0.2, 0.25) is 4.47 Å². The molecule has 2 nitrogen and oxygen atoms in total. The first-order valence-corrected chi connectivity index (χ1v) is 7.58. The Hall–Kier alpha value is 0.520. The molecule has 1 aliphatic rings. The van der Waals surface area contributed by atoms with Gasteiger partial charge in [0.05, 0.1) is 0 Å². The van der Waals surface area contributed by atoms with E-state index >= 15 is 0 Å². The van der Waals surface area contributed by atoms with Gasteiger partial charge in [-0.25, -0.2) is 4.98 Å². The van der Waals surface area contributed by atoms with Crippen molar-refractivity contribution in [2.75, 3.05) is 18.8 Å². The third-order valence-corrected chi connectivity index (χ3v) is 5.04. The van der Waals surface area contributed by atoms with Gasteiger partial charge in [-0.3, -0.25) is 0 Å². The fourth-order valence-electron chi connectivity index (χ4n) is 1.74. The van der Waals surface area contributed by atoms with Gasteiger partial charge in [0, 0.05) is 16.8 Å². The molecule has 2 heterocycles. The summed E-state index contributed by atoms with van der Waals surface area (Å²) in [5.74, 6) is 3.16. The number of hydrogen-bond donors (Lipinski definition) is 1. The highest BCUT2D eigenvalue weighted by molar-refractivity contribution is 7.98. The van der Waals surface area contributed by atoms with Gasteiger partial charge in [-0.1, -0.05) is 11.6 Å². The van der Waals surface area contributed by atoms with Gasteiger partial charge in [0.25, 0.3) is 0 Å². The molecule has 0 bridgehead atoms. The summed E-state index contributed by atoms with van der Waals surface area (Å²) >= 11 is 9.37. The number of halogens is 2. The first-order chi connectivity index (χ1) is 7.34. The minimum Gasteiger partial charge on any atom is -0.316 e. The standard InChI is InChI=1S/C10H15ClN2S2.ClH/c11-10-13-5-9(15-10)7-14-6-8-2-1-3-12-4-8;/h5,8,12H,1-4,6-7H2;1H. The van der Waals surface area contributed by atoms with E-state index in [1.165, 1.54) is 36.6 Å². The van der Waals surface area contributed by atoms with Crippen LogP contribution >= 0.6 is 47.1 Å². The number of thioether (sulfide) groups is 1. The Morgan fingerprint density at radius 1 is 1.62 bits per heavy atom. The Labute approximate surface area is 116 Å². The molecule has 1 fully saturated rings. The van der Waals surface area contributed by atoms with Crippen LogP contribution in [0.5, 0.6) is 0 Å². The van der Waals surface area contributed by atoms with Gasteiger partial charge in [-0.2, -0.15) is 11.8 Å². The van der Waals surface area contributed by atoms with Crippen molar-refractivity contribution in [3.8, 4) is 0 Å². The van der Waals surface area contributed by atoms with E-state index in [-0.39, 0.29) is 12.4 Å². The summed E-state index contributed by atoms with van der Waals surface area (Å²) in [5, 5.41) is 3.44. The van der Waals surface area contributed by atoms with Gasteiger partial charge < -0.3 is 5.32 Å². The maximum Gasteiger partial charge on any atom is 0.183 e. The van der Waals surface area contributed by atoms with E-state index in [1.807, 2.05) is 18.0 Å². The molecule has 1 N–H and O–H groups in total. The van der Waals surface area contributed by atoms with E-state index in [9.17, 15) is 0 Å². The molecular formula is C10H16Cl2N2S2. The normalized spacial score (nSPS) is 20.4. The molecular weight excluding hydrogens is 283 g/mol. The summed E-state index contributed by atoms with van der Waals surface area (Å²) in [5.41, 5.74) is 0. The monoisotopic (exact) mass is 298 g/mol. The lowest BCUT2D eigenvalue weighted by atomic mass is 10.0. The first kappa shape index (κ1) is 14.6. The molecule has 92 valence electrons. The van der Waals surface area contributed by atoms with Gasteiger partial charge in [-0.05, 0) is 37.6 Å². The van der Waals surface area contributed by atoms with Gasteiger partial charge in [0.15, 0.2) is 4.47 Å². The Morgan fingerprint density at radius 2 is 2.50 bits per heavy atom. The maximum absolute atomic E-state index is 5.78. The molecule has 1 aliphatic heterocycles. The number of rotatable bonds is 4. The van der Waals surface area contributed by atoms with Crippen LogP contribution in [0.1, 0.15) is 17.7 Å². The van der Waals surface area contributed by atoms with Crippen molar-refractivity contribution >= 4 is 47.1 Å². The Bertz CT molecular complexity index is 301. The van der Waals surface area contributed by atoms with Crippen LogP contribution in [0.25, 0.3) is 0 Å². The van der Waals surface area contributed by atoms with Gasteiger partial charge in [0.2, 0.25) is 0 Å². The van der Waals surface area contributed by atoms with Gasteiger partial charge in [0.1, 0.15) is 0 Å². The molecule has 0 aliphatic carbocycles. The van der Waals surface area contributed by atoms with Crippen LogP contribution in [-0.2, 0) is 5.75 Å². The van der Waals surface area contributed by atoms with Crippen LogP contribution in [0.4, 0.5) is 0 Å². The van der Waals surface area contributed by atoms with Crippen LogP contribution in [0.3, 0.4) is 0 Å². The molecule has 1 atom stereocenters. The van der Waals surface area contributed by atoms with Crippen molar-refractivity contribution in [2.24, 2.45) is 5.92 Å². The summed E-state index contributed by atoms with van der Waals surface area (Å²) in [6.07, 6.45) is 4.60. The van der Waals surface area contributed by atoms with Crippen molar-refractivity contribution in [1.82, 2.24) is 10.3 Å². The van der Waals surface area contributed by atoms with E-state index in [0.717, 1.165) is 11.7 Å². The van der Waals surface area contributed by atoms with Gasteiger partial charge >= 0.3 is 0 Å². The molecule has 1 aromatic rings. The Kier molecular flexibility index (Phi) is 7.08. The zero-order valence-corrected chi connectivity index (χ0v) is 12.2. The summed E-state index contributed by atoms with van der Waals surface area (Å²) in [4.78, 5) is 5.33. The topological polar surface area (TPSA) is 24.9 Å². The lowest BCUT2D eigenvalue weighted by Gasteiger charge is -2.21. The van der Waals surface area contributed by atoms with Crippen molar-refractivity contribution < 1.29 is 0 Å². The summed E-state index contributed by atoms with van der Waals surface area (Å²) in [6, 6.07) is 0. The lowest BCUT2D eigenvalue weighted by Crippen LogP contribution is -2.30. The summed E-state index contributed by atoms with van der Waals surface area (Å²) in [7, 11) is 0. The van der Waals surface area contributed by atoms with Crippen LogP contribution in [0, 0.1) is 5.92 Å². The van der Waals surface area contributed by atoms with Gasteiger partial charge in [-0.15, -0.1) is 23.7 Å². The molecule has 1 saturated heterocycles. The molecule has 1 aromatic heterocycles. The van der Waals surface area contributed by atoms with Crippen molar-refractivity contribution in [2.45, 2.75) is 18.6 Å². The molecule has 2 rings (SSSR count). The number of hydrogen-bond acceptors (Lipinski definition) is 4. The highest BCUT2D eigenvalue weighted by Crippen LogP contribution is 2.24. The second kappa shape index (κ2) is 7.77. The van der Waals surface area contributed by atoms with Crippen LogP contribution in [-0.4, -0.2) is 23.8 Å². The fraction of sp³-hybridized carbons (Fsp3) is 0.700. The number of nitrogens with one attached hydrogen (secondary N) is 1. The van der Waals surface area contributed by atoms with Crippen molar-refractivity contribution in [3.05, 3.63) is 15.5 Å². The smallest absolute Gasteiger partial charge is 0.183 e. The molecule has 0 amide bonds. The predicted molar refractivity (Wildman–Crippen MR) is 76.1 cm³/mol. The molecule has 16 heavy (non-hydrogen) atoms. The lowest BCUT2D eigenvalue weighted by molar-refractivity contribution is 0.410. The van der Waals surface area contributed by atoms with Crippen molar-refractivity contribution in [3.63, 3.8) is 0 Å². The molecule has 0 spiro atoms. The Balaban J connectivity index is 0.00000128. The first-order valence-electron chi connectivity index (χ1n) is 5.23. The average molecular weight is 299 g/mol. The second-order valence-electron chi connectivity index (χ2n) is 3.81. The van der Waals surface area contributed by atoms with E-state index in [2.05, 4.69) is 10.3 Å². The Morgan fingerprint density at radius 3 is 3.12 bits per heavy atom. The van der Waals surface area contributed by atoms with E-state index in [0.29, 0.717) is 4.47 Å². The maximum atomic E-state index is 5.78. The summed E-state index contributed by atoms with van der Waals surface area (Å²) in [6.45, 7) is 2.39. The molecule has 0 aromatic carbocycles. The largest absolute Gasteiger partial charge is 0.316 e. The third kappa shape index (κ3) is 4.80. The van der Waals surface area contributed by atoms with Crippen molar-refractivity contribution in [1.29, 1.82) is 0 Å².